The Balaban J connectivity index is 1.59. The number of terminal acetylenes is 1. The van der Waals surface area contributed by atoms with Crippen molar-refractivity contribution in [1.82, 2.24) is 10.2 Å². The number of fused-ring (bicyclic) bond motifs is 3. The lowest BCUT2D eigenvalue weighted by Crippen LogP contribution is -2.55. The van der Waals surface area contributed by atoms with E-state index in [1.807, 2.05) is 12.1 Å². The highest BCUT2D eigenvalue weighted by atomic mass is 16.5. The molecule has 0 radical (unpaired) electrons. The number of nitrogens with zero attached hydrogens (tertiary/aromatic N) is 1. The van der Waals surface area contributed by atoms with Gasteiger partial charge in [-0.3, -0.25) is 0 Å². The predicted octanol–water partition coefficient (Wildman–Crippen LogP) is 1.88. The molecule has 1 aromatic rings. The van der Waals surface area contributed by atoms with Crippen LogP contribution >= 0.6 is 0 Å². The zero-order valence-corrected chi connectivity index (χ0v) is 11.8. The molecule has 1 aromatic carbocycles. The van der Waals surface area contributed by atoms with Crippen LogP contribution in [0.15, 0.2) is 24.3 Å². The molecule has 1 unspecified atom stereocenters. The van der Waals surface area contributed by atoms with E-state index in [4.69, 9.17) is 11.2 Å². The molecule has 3 saturated heterocycles. The second kappa shape index (κ2) is 6.30. The third-order valence-corrected chi connectivity index (χ3v) is 4.49. The lowest BCUT2D eigenvalue weighted by atomic mass is 9.84. The summed E-state index contributed by atoms with van der Waals surface area (Å²) in [5.74, 6) is 4.27. The summed E-state index contributed by atoms with van der Waals surface area (Å²) in [6.45, 7) is 4.94. The Morgan fingerprint density at radius 3 is 2.80 bits per heavy atom. The van der Waals surface area contributed by atoms with Crippen molar-refractivity contribution in [2.75, 3.05) is 26.2 Å². The van der Waals surface area contributed by atoms with Crippen LogP contribution in [0.1, 0.15) is 18.4 Å². The van der Waals surface area contributed by atoms with E-state index in [1.165, 1.54) is 38.0 Å². The summed E-state index contributed by atoms with van der Waals surface area (Å²) in [6, 6.07) is 8.77. The number of hydrogen-bond donors (Lipinski definition) is 1. The number of benzene rings is 1. The summed E-state index contributed by atoms with van der Waals surface area (Å²) in [4.78, 5) is 2.57. The van der Waals surface area contributed by atoms with Crippen molar-refractivity contribution in [3.8, 4) is 18.1 Å². The normalized spacial score (nSPS) is 28.1. The molecule has 3 aliphatic rings. The molecular weight excluding hydrogens is 248 g/mol. The quantitative estimate of drug-likeness (QED) is 0.827. The van der Waals surface area contributed by atoms with Gasteiger partial charge < -0.3 is 15.0 Å². The van der Waals surface area contributed by atoms with Crippen LogP contribution in [-0.2, 0) is 6.54 Å². The summed E-state index contributed by atoms with van der Waals surface area (Å²) in [5.41, 5.74) is 1.19. The molecule has 106 valence electrons. The van der Waals surface area contributed by atoms with Gasteiger partial charge in [-0.15, -0.1) is 6.42 Å². The van der Waals surface area contributed by atoms with Gasteiger partial charge in [-0.05, 0) is 37.9 Å². The Labute approximate surface area is 121 Å². The zero-order valence-electron chi connectivity index (χ0n) is 11.8. The molecular formula is C17H22N2O. The minimum Gasteiger partial charge on any atom is -0.481 e. The molecule has 0 saturated carbocycles. The van der Waals surface area contributed by atoms with Gasteiger partial charge in [0.15, 0.2) is 0 Å². The van der Waals surface area contributed by atoms with Crippen molar-refractivity contribution in [3.63, 3.8) is 0 Å². The average Bonchev–Trinajstić information content (AvgIpc) is 2.53. The molecule has 1 N–H and O–H groups in total. The predicted molar refractivity (Wildman–Crippen MR) is 80.6 cm³/mol. The molecule has 2 bridgehead atoms. The van der Waals surface area contributed by atoms with Crippen molar-refractivity contribution in [2.24, 2.45) is 5.92 Å². The van der Waals surface area contributed by atoms with Crippen LogP contribution in [0, 0.1) is 18.3 Å². The maximum absolute atomic E-state index is 5.60. The van der Waals surface area contributed by atoms with Gasteiger partial charge in [0.25, 0.3) is 0 Å². The molecule has 0 amide bonds. The molecule has 3 heterocycles. The van der Waals surface area contributed by atoms with Gasteiger partial charge in [0, 0.05) is 24.7 Å². The smallest absolute Gasteiger partial charge is 0.148 e. The number of hydrogen-bond acceptors (Lipinski definition) is 3. The first-order valence-corrected chi connectivity index (χ1v) is 7.46. The number of rotatable bonds is 5. The molecule has 0 spiro atoms. The topological polar surface area (TPSA) is 24.5 Å². The van der Waals surface area contributed by atoms with Crippen molar-refractivity contribution in [1.29, 1.82) is 0 Å². The summed E-state index contributed by atoms with van der Waals surface area (Å²) >= 11 is 0. The van der Waals surface area contributed by atoms with Crippen LogP contribution in [0.5, 0.6) is 5.75 Å². The Kier molecular flexibility index (Phi) is 4.25. The monoisotopic (exact) mass is 270 g/mol. The second-order valence-electron chi connectivity index (χ2n) is 5.73. The van der Waals surface area contributed by atoms with Crippen LogP contribution in [0.25, 0.3) is 0 Å². The first-order chi connectivity index (χ1) is 9.86. The number of piperidine rings is 3. The number of nitrogens with one attached hydrogen (secondary N) is 1. The molecule has 3 heteroatoms. The van der Waals surface area contributed by atoms with Crippen LogP contribution in [-0.4, -0.2) is 37.2 Å². The molecule has 1 atom stereocenters. The Bertz CT molecular complexity index is 486. The minimum absolute atomic E-state index is 0.330. The van der Waals surface area contributed by atoms with E-state index in [0.29, 0.717) is 12.6 Å². The van der Waals surface area contributed by atoms with Gasteiger partial charge in [0.1, 0.15) is 12.4 Å². The molecule has 0 aliphatic carbocycles. The van der Waals surface area contributed by atoms with E-state index >= 15 is 0 Å². The molecule has 4 rings (SSSR count). The third kappa shape index (κ3) is 2.98. The van der Waals surface area contributed by atoms with Crippen molar-refractivity contribution < 1.29 is 4.74 Å². The lowest BCUT2D eigenvalue weighted by Gasteiger charge is -2.45. The average molecular weight is 270 g/mol. The zero-order chi connectivity index (χ0) is 13.8. The second-order valence-corrected chi connectivity index (χ2v) is 5.73. The molecule has 3 fully saturated rings. The fraction of sp³-hybridized carbons (Fsp3) is 0.529. The summed E-state index contributed by atoms with van der Waals surface area (Å²) in [6.07, 6.45) is 7.94. The Hall–Kier alpha value is -1.50. The molecule has 0 aromatic heterocycles. The van der Waals surface area contributed by atoms with Gasteiger partial charge in [-0.1, -0.05) is 24.1 Å². The van der Waals surface area contributed by atoms with Gasteiger partial charge in [-0.2, -0.15) is 0 Å². The SMILES string of the molecule is C#CCOc1ccccc1CNC1CN2CCC1CC2. The summed E-state index contributed by atoms with van der Waals surface area (Å²) in [7, 11) is 0. The number of ether oxygens (including phenoxy) is 1. The highest BCUT2D eigenvalue weighted by molar-refractivity contribution is 5.33. The first kappa shape index (κ1) is 13.5. The van der Waals surface area contributed by atoms with E-state index in [-0.39, 0.29) is 0 Å². The fourth-order valence-corrected chi connectivity index (χ4v) is 3.35. The summed E-state index contributed by atoms with van der Waals surface area (Å²) in [5, 5.41) is 3.71. The molecule has 3 nitrogen and oxygen atoms in total. The van der Waals surface area contributed by atoms with Crippen LogP contribution < -0.4 is 10.1 Å². The van der Waals surface area contributed by atoms with Crippen molar-refractivity contribution in [3.05, 3.63) is 29.8 Å². The molecule has 20 heavy (non-hydrogen) atoms. The maximum atomic E-state index is 5.60. The standard InChI is InChI=1S/C17H22N2O/c1-2-11-20-17-6-4-3-5-15(17)12-18-16-13-19-9-7-14(16)8-10-19/h1,3-6,14,16,18H,7-13H2. The van der Waals surface area contributed by atoms with Crippen molar-refractivity contribution in [2.45, 2.75) is 25.4 Å². The van der Waals surface area contributed by atoms with Crippen molar-refractivity contribution >= 4 is 0 Å². The highest BCUT2D eigenvalue weighted by Gasteiger charge is 2.33. The first-order valence-electron chi connectivity index (χ1n) is 7.46. The van der Waals surface area contributed by atoms with E-state index in [0.717, 1.165) is 18.2 Å². The minimum atomic E-state index is 0.330. The third-order valence-electron chi connectivity index (χ3n) is 4.49. The largest absolute Gasteiger partial charge is 0.481 e. The van der Waals surface area contributed by atoms with Crippen LogP contribution in [0.2, 0.25) is 0 Å². The van der Waals surface area contributed by atoms with Gasteiger partial charge in [0.2, 0.25) is 0 Å². The highest BCUT2D eigenvalue weighted by Crippen LogP contribution is 2.28. The van der Waals surface area contributed by atoms with E-state index in [1.54, 1.807) is 0 Å². The van der Waals surface area contributed by atoms with Crippen LogP contribution in [0.3, 0.4) is 0 Å². The molecule has 3 aliphatic heterocycles. The maximum Gasteiger partial charge on any atom is 0.148 e. The Morgan fingerprint density at radius 2 is 2.10 bits per heavy atom. The fourth-order valence-electron chi connectivity index (χ4n) is 3.35. The van der Waals surface area contributed by atoms with Crippen LogP contribution in [0.4, 0.5) is 0 Å². The summed E-state index contributed by atoms with van der Waals surface area (Å²) < 4.78 is 5.60. The number of para-hydroxylation sites is 1. The van der Waals surface area contributed by atoms with Gasteiger partial charge in [0.05, 0.1) is 0 Å². The van der Waals surface area contributed by atoms with Gasteiger partial charge in [-0.25, -0.2) is 0 Å². The van der Waals surface area contributed by atoms with E-state index in [2.05, 4.69) is 28.3 Å². The van der Waals surface area contributed by atoms with E-state index < -0.39 is 0 Å². The Morgan fingerprint density at radius 1 is 1.30 bits per heavy atom. The van der Waals surface area contributed by atoms with Gasteiger partial charge >= 0.3 is 0 Å². The lowest BCUT2D eigenvalue weighted by molar-refractivity contribution is 0.0719. The van der Waals surface area contributed by atoms with E-state index in [9.17, 15) is 0 Å².